The first-order valence-corrected chi connectivity index (χ1v) is 8.54. The Morgan fingerprint density at radius 2 is 1.86 bits per heavy atom. The summed E-state index contributed by atoms with van der Waals surface area (Å²) in [7, 11) is 0. The maximum absolute atomic E-state index is 6.24. The van der Waals surface area contributed by atoms with E-state index in [0.717, 1.165) is 28.0 Å². The Morgan fingerprint density at radius 1 is 1.19 bits per heavy atom. The normalized spacial score (nSPS) is 14.7. The first kappa shape index (κ1) is 15.0. The molecular weight excluding hydrogens is 348 g/mol. The summed E-state index contributed by atoms with van der Waals surface area (Å²) in [6, 6.07) is 8.50. The van der Waals surface area contributed by atoms with E-state index in [1.165, 1.54) is 18.4 Å². The molecule has 1 aliphatic carbocycles. The number of aromatic nitrogens is 2. The highest BCUT2D eigenvalue weighted by Crippen LogP contribution is 2.44. The van der Waals surface area contributed by atoms with Crippen LogP contribution < -0.4 is 0 Å². The Labute approximate surface area is 139 Å². The van der Waals surface area contributed by atoms with Crippen LogP contribution in [0.3, 0.4) is 0 Å². The molecule has 1 aromatic heterocycles. The molecule has 0 bridgehead atoms. The van der Waals surface area contributed by atoms with Crippen LogP contribution in [0.5, 0.6) is 0 Å². The number of halogens is 2. The average molecular weight is 366 g/mol. The third-order valence-corrected chi connectivity index (χ3v) is 4.94. The van der Waals surface area contributed by atoms with Gasteiger partial charge in [-0.05, 0) is 46.7 Å². The second-order valence-electron chi connectivity index (χ2n) is 6.11. The fourth-order valence-electron chi connectivity index (χ4n) is 2.45. The second kappa shape index (κ2) is 6.05. The van der Waals surface area contributed by atoms with Gasteiger partial charge in [-0.3, -0.25) is 0 Å². The van der Waals surface area contributed by atoms with Crippen molar-refractivity contribution in [2.24, 2.45) is 5.92 Å². The summed E-state index contributed by atoms with van der Waals surface area (Å²) in [6.45, 7) is 4.46. The summed E-state index contributed by atoms with van der Waals surface area (Å²) < 4.78 is 0.854. The maximum Gasteiger partial charge on any atom is 0.161 e. The molecule has 0 N–H and O–H groups in total. The van der Waals surface area contributed by atoms with E-state index >= 15 is 0 Å². The zero-order valence-corrected chi connectivity index (χ0v) is 14.6. The second-order valence-corrected chi connectivity index (χ2v) is 7.26. The minimum atomic E-state index is 0.508. The highest BCUT2D eigenvalue weighted by atomic mass is 79.9. The molecule has 1 fully saturated rings. The topological polar surface area (TPSA) is 25.8 Å². The van der Waals surface area contributed by atoms with Crippen molar-refractivity contribution in [1.29, 1.82) is 0 Å². The molecule has 1 aromatic carbocycles. The van der Waals surface area contributed by atoms with Crippen LogP contribution in [0.15, 0.2) is 28.7 Å². The van der Waals surface area contributed by atoms with Gasteiger partial charge < -0.3 is 0 Å². The van der Waals surface area contributed by atoms with Crippen molar-refractivity contribution < 1.29 is 0 Å². The molecule has 0 unspecified atom stereocenters. The zero-order valence-electron chi connectivity index (χ0n) is 12.2. The summed E-state index contributed by atoms with van der Waals surface area (Å²) in [5.41, 5.74) is 3.43. The van der Waals surface area contributed by atoms with Gasteiger partial charge in [0.15, 0.2) is 5.82 Å². The van der Waals surface area contributed by atoms with Crippen LogP contribution in [0.4, 0.5) is 0 Å². The number of benzene rings is 1. The molecule has 0 aliphatic heterocycles. The Bertz CT molecular complexity index is 649. The van der Waals surface area contributed by atoms with E-state index < -0.39 is 0 Å². The molecule has 0 saturated heterocycles. The molecule has 1 saturated carbocycles. The summed E-state index contributed by atoms with van der Waals surface area (Å²) in [4.78, 5) is 9.13. The van der Waals surface area contributed by atoms with Gasteiger partial charge in [-0.25, -0.2) is 9.97 Å². The molecule has 0 spiro atoms. The highest BCUT2D eigenvalue weighted by Gasteiger charge is 2.29. The van der Waals surface area contributed by atoms with Crippen molar-refractivity contribution in [2.45, 2.75) is 39.0 Å². The summed E-state index contributed by atoms with van der Waals surface area (Å²) in [5, 5.41) is 0.508. The Morgan fingerprint density at radius 3 is 2.43 bits per heavy atom. The molecule has 21 heavy (non-hydrogen) atoms. The van der Waals surface area contributed by atoms with Gasteiger partial charge in [0.05, 0.1) is 10.2 Å². The molecule has 3 rings (SSSR count). The van der Waals surface area contributed by atoms with Gasteiger partial charge in [0, 0.05) is 11.5 Å². The zero-order chi connectivity index (χ0) is 15.0. The van der Waals surface area contributed by atoms with Gasteiger partial charge in [-0.15, -0.1) is 0 Å². The van der Waals surface area contributed by atoms with E-state index in [2.05, 4.69) is 59.0 Å². The minimum Gasteiger partial charge on any atom is -0.231 e. The molecule has 2 aromatic rings. The van der Waals surface area contributed by atoms with E-state index in [0.29, 0.717) is 17.0 Å². The van der Waals surface area contributed by atoms with Gasteiger partial charge in [-0.1, -0.05) is 49.7 Å². The van der Waals surface area contributed by atoms with E-state index in [4.69, 9.17) is 16.6 Å². The predicted molar refractivity (Wildman–Crippen MR) is 90.7 cm³/mol. The smallest absolute Gasteiger partial charge is 0.161 e. The Hall–Kier alpha value is -0.930. The monoisotopic (exact) mass is 364 g/mol. The fraction of sp³-hybridized carbons (Fsp3) is 0.412. The number of rotatable bonds is 4. The van der Waals surface area contributed by atoms with Gasteiger partial charge >= 0.3 is 0 Å². The van der Waals surface area contributed by atoms with Crippen molar-refractivity contribution in [1.82, 2.24) is 9.97 Å². The molecule has 0 amide bonds. The number of hydrogen-bond donors (Lipinski definition) is 0. The standard InChI is InChI=1S/C17H18BrClN2/c1-10(2)9-11-3-5-13(6-4-11)17-20-15(12-7-8-12)14(18)16(19)21-17/h3-6,10,12H,7-9H2,1-2H3. The van der Waals surface area contributed by atoms with Crippen molar-refractivity contribution in [2.75, 3.05) is 0 Å². The van der Waals surface area contributed by atoms with Crippen LogP contribution in [0.2, 0.25) is 5.15 Å². The first-order valence-electron chi connectivity index (χ1n) is 7.37. The van der Waals surface area contributed by atoms with Gasteiger partial charge in [0.25, 0.3) is 0 Å². The molecule has 2 nitrogen and oxygen atoms in total. The SMILES string of the molecule is CC(C)Cc1ccc(-c2nc(Cl)c(Br)c(C3CC3)n2)cc1. The van der Waals surface area contributed by atoms with E-state index in [1.54, 1.807) is 0 Å². The van der Waals surface area contributed by atoms with Gasteiger partial charge in [0.2, 0.25) is 0 Å². The predicted octanol–water partition coefficient (Wildman–Crippen LogP) is 5.64. The van der Waals surface area contributed by atoms with Gasteiger partial charge in [-0.2, -0.15) is 0 Å². The third-order valence-electron chi connectivity index (χ3n) is 3.66. The van der Waals surface area contributed by atoms with Crippen LogP contribution >= 0.6 is 27.5 Å². The third kappa shape index (κ3) is 3.46. The lowest BCUT2D eigenvalue weighted by Gasteiger charge is -2.09. The van der Waals surface area contributed by atoms with E-state index in [-0.39, 0.29) is 0 Å². The molecule has 0 radical (unpaired) electrons. The minimum absolute atomic E-state index is 0.508. The lowest BCUT2D eigenvalue weighted by atomic mass is 10.0. The highest BCUT2D eigenvalue weighted by molar-refractivity contribution is 9.10. The van der Waals surface area contributed by atoms with Crippen molar-refractivity contribution in [3.05, 3.63) is 45.1 Å². The van der Waals surface area contributed by atoms with E-state index in [9.17, 15) is 0 Å². The molecule has 110 valence electrons. The molecule has 0 atom stereocenters. The number of nitrogens with zero attached hydrogens (tertiary/aromatic N) is 2. The molecule has 1 heterocycles. The van der Waals surface area contributed by atoms with Crippen molar-refractivity contribution >= 4 is 27.5 Å². The Kier molecular flexibility index (Phi) is 4.32. The van der Waals surface area contributed by atoms with Crippen LogP contribution in [-0.2, 0) is 6.42 Å². The average Bonchev–Trinajstić information content (AvgIpc) is 3.26. The number of hydrogen-bond acceptors (Lipinski definition) is 2. The molecule has 4 heteroatoms. The van der Waals surface area contributed by atoms with E-state index in [1.807, 2.05) is 0 Å². The lowest BCUT2D eigenvalue weighted by Crippen LogP contribution is -1.98. The quantitative estimate of drug-likeness (QED) is 0.656. The summed E-state index contributed by atoms with van der Waals surface area (Å²) in [5.74, 6) is 1.93. The Balaban J connectivity index is 1.93. The van der Waals surface area contributed by atoms with Crippen LogP contribution in [-0.4, -0.2) is 9.97 Å². The van der Waals surface area contributed by atoms with Crippen LogP contribution in [0, 0.1) is 5.92 Å². The largest absolute Gasteiger partial charge is 0.231 e. The van der Waals surface area contributed by atoms with Gasteiger partial charge in [0.1, 0.15) is 5.15 Å². The first-order chi connectivity index (χ1) is 10.0. The summed E-state index contributed by atoms with van der Waals surface area (Å²) in [6.07, 6.45) is 3.48. The molecular formula is C17H18BrClN2. The molecule has 1 aliphatic rings. The maximum atomic E-state index is 6.24. The summed E-state index contributed by atoms with van der Waals surface area (Å²) >= 11 is 9.75. The van der Waals surface area contributed by atoms with Crippen LogP contribution in [0.25, 0.3) is 11.4 Å². The van der Waals surface area contributed by atoms with Crippen molar-refractivity contribution in [3.8, 4) is 11.4 Å². The van der Waals surface area contributed by atoms with Crippen LogP contribution in [0.1, 0.15) is 43.9 Å². The van der Waals surface area contributed by atoms with Crippen molar-refractivity contribution in [3.63, 3.8) is 0 Å². The lowest BCUT2D eigenvalue weighted by molar-refractivity contribution is 0.647. The fourth-order valence-corrected chi connectivity index (χ4v) is 3.13.